The summed E-state index contributed by atoms with van der Waals surface area (Å²) >= 11 is 0. The van der Waals surface area contributed by atoms with Crippen molar-refractivity contribution in [3.8, 4) is 0 Å². The molecule has 1 atom stereocenters. The van der Waals surface area contributed by atoms with Gasteiger partial charge in [-0.25, -0.2) is 0 Å². The number of hydrogen-bond donors (Lipinski definition) is 1. The van der Waals surface area contributed by atoms with Gasteiger partial charge in [-0.15, -0.1) is 0 Å². The topological polar surface area (TPSA) is 40.5 Å². The van der Waals surface area contributed by atoms with Crippen LogP contribution in [0, 0.1) is 0 Å². The fraction of sp³-hybridized carbons (Fsp3) is 0.588. The van der Waals surface area contributed by atoms with Crippen molar-refractivity contribution in [3.05, 3.63) is 35.9 Å². The predicted octanol–water partition coefficient (Wildman–Crippen LogP) is 2.48. The Bertz CT molecular complexity index is 491. The maximum atomic E-state index is 13.0. The van der Waals surface area contributed by atoms with Crippen LogP contribution in [0.2, 0.25) is 0 Å². The lowest BCUT2D eigenvalue weighted by molar-refractivity contribution is -0.147. The Morgan fingerprint density at radius 2 is 1.85 bits per heavy atom. The van der Waals surface area contributed by atoms with Gasteiger partial charge in [-0.05, 0) is 38.2 Å². The molecule has 1 N–H and O–H groups in total. The molecular formula is C17H23NO2. The Kier molecular flexibility index (Phi) is 3.33. The molecule has 1 heterocycles. The second-order valence-electron chi connectivity index (χ2n) is 6.63. The van der Waals surface area contributed by atoms with Crippen LogP contribution < -0.4 is 0 Å². The normalized spacial score (nSPS) is 28.8. The highest BCUT2D eigenvalue weighted by Gasteiger charge is 2.48. The van der Waals surface area contributed by atoms with Gasteiger partial charge in [0.2, 0.25) is 5.91 Å². The fourth-order valence-electron chi connectivity index (χ4n) is 3.61. The number of piperidine rings is 1. The van der Waals surface area contributed by atoms with Crippen LogP contribution in [0.15, 0.2) is 30.3 Å². The largest absolute Gasteiger partial charge is 0.388 e. The van der Waals surface area contributed by atoms with E-state index in [-0.39, 0.29) is 11.3 Å². The van der Waals surface area contributed by atoms with E-state index in [0.29, 0.717) is 6.54 Å². The van der Waals surface area contributed by atoms with Gasteiger partial charge in [0.05, 0.1) is 11.0 Å². The molecule has 1 aliphatic carbocycles. The molecule has 0 radical (unpaired) electrons. The molecule has 3 heteroatoms. The zero-order valence-electron chi connectivity index (χ0n) is 12.1. The smallest absolute Gasteiger partial charge is 0.233 e. The molecule has 0 aromatic heterocycles. The minimum Gasteiger partial charge on any atom is -0.388 e. The van der Waals surface area contributed by atoms with Crippen molar-refractivity contribution < 1.29 is 9.90 Å². The summed E-state index contributed by atoms with van der Waals surface area (Å²) in [6.07, 6.45) is 4.67. The molecule has 1 saturated heterocycles. The number of likely N-dealkylation sites (tertiary alicyclic amines) is 1. The molecule has 108 valence electrons. The zero-order chi connectivity index (χ0) is 14.2. The standard InChI is InChI=1S/C17H23NO2/c1-16(20)9-6-12-18(13-16)15(19)17(10-5-11-17)14-7-3-2-4-8-14/h2-4,7-8,20H,5-6,9-13H2,1H3. The highest BCUT2D eigenvalue weighted by Crippen LogP contribution is 2.45. The average Bonchev–Trinajstić information content (AvgIpc) is 2.37. The minimum absolute atomic E-state index is 0.218. The molecule has 1 aliphatic heterocycles. The molecule has 3 nitrogen and oxygen atoms in total. The van der Waals surface area contributed by atoms with Crippen LogP contribution in [0.1, 0.15) is 44.6 Å². The number of benzene rings is 1. The molecule has 2 aliphatic rings. The van der Waals surface area contributed by atoms with Crippen molar-refractivity contribution in [2.75, 3.05) is 13.1 Å². The van der Waals surface area contributed by atoms with Crippen LogP contribution in [0.25, 0.3) is 0 Å². The number of nitrogens with zero attached hydrogens (tertiary/aromatic N) is 1. The summed E-state index contributed by atoms with van der Waals surface area (Å²) in [7, 11) is 0. The summed E-state index contributed by atoms with van der Waals surface area (Å²) in [6, 6.07) is 10.1. The van der Waals surface area contributed by atoms with Crippen molar-refractivity contribution in [1.29, 1.82) is 0 Å². The Hall–Kier alpha value is -1.35. The molecule has 1 aromatic rings. The predicted molar refractivity (Wildman–Crippen MR) is 78.4 cm³/mol. The van der Waals surface area contributed by atoms with E-state index in [4.69, 9.17) is 0 Å². The van der Waals surface area contributed by atoms with Gasteiger partial charge in [-0.3, -0.25) is 4.79 Å². The maximum Gasteiger partial charge on any atom is 0.233 e. The quantitative estimate of drug-likeness (QED) is 0.899. The second-order valence-corrected chi connectivity index (χ2v) is 6.63. The highest BCUT2D eigenvalue weighted by molar-refractivity contribution is 5.89. The molecular weight excluding hydrogens is 250 g/mol. The van der Waals surface area contributed by atoms with E-state index in [1.807, 2.05) is 30.0 Å². The van der Waals surface area contributed by atoms with Crippen LogP contribution in [0.5, 0.6) is 0 Å². The summed E-state index contributed by atoms with van der Waals surface area (Å²) in [5.41, 5.74) is 0.0889. The van der Waals surface area contributed by atoms with Crippen molar-refractivity contribution >= 4 is 5.91 Å². The summed E-state index contributed by atoms with van der Waals surface area (Å²) in [4.78, 5) is 14.9. The molecule has 1 unspecified atom stereocenters. The van der Waals surface area contributed by atoms with E-state index in [1.165, 1.54) is 0 Å². The zero-order valence-corrected chi connectivity index (χ0v) is 12.1. The number of β-amino-alcohol motifs (C(OH)–C–C–N with tert-alkyl or cyclic N) is 1. The van der Waals surface area contributed by atoms with Gasteiger partial charge in [0.15, 0.2) is 0 Å². The number of amides is 1. The monoisotopic (exact) mass is 273 g/mol. The van der Waals surface area contributed by atoms with Gasteiger partial charge in [-0.1, -0.05) is 36.8 Å². The first-order valence-electron chi connectivity index (χ1n) is 7.61. The van der Waals surface area contributed by atoms with Gasteiger partial charge in [-0.2, -0.15) is 0 Å². The average molecular weight is 273 g/mol. The van der Waals surface area contributed by atoms with Crippen LogP contribution in [-0.4, -0.2) is 34.6 Å². The molecule has 3 rings (SSSR count). The Balaban J connectivity index is 1.85. The summed E-state index contributed by atoms with van der Waals surface area (Å²) < 4.78 is 0. The van der Waals surface area contributed by atoms with Crippen LogP contribution in [-0.2, 0) is 10.2 Å². The number of hydrogen-bond acceptors (Lipinski definition) is 2. The first-order valence-corrected chi connectivity index (χ1v) is 7.61. The highest BCUT2D eigenvalue weighted by atomic mass is 16.3. The lowest BCUT2D eigenvalue weighted by Crippen LogP contribution is -2.56. The van der Waals surface area contributed by atoms with Gasteiger partial charge in [0.1, 0.15) is 0 Å². The van der Waals surface area contributed by atoms with Crippen LogP contribution >= 0.6 is 0 Å². The van der Waals surface area contributed by atoms with Crippen molar-refractivity contribution in [2.24, 2.45) is 0 Å². The van der Waals surface area contributed by atoms with E-state index >= 15 is 0 Å². The van der Waals surface area contributed by atoms with E-state index in [0.717, 1.165) is 44.2 Å². The van der Waals surface area contributed by atoms with Gasteiger partial charge in [0.25, 0.3) is 0 Å². The third kappa shape index (κ3) is 2.24. The Labute approximate surface area is 120 Å². The minimum atomic E-state index is -0.727. The molecule has 1 saturated carbocycles. The lowest BCUT2D eigenvalue weighted by atomic mass is 9.63. The van der Waals surface area contributed by atoms with Crippen molar-refractivity contribution in [2.45, 2.75) is 50.0 Å². The van der Waals surface area contributed by atoms with E-state index < -0.39 is 5.60 Å². The Morgan fingerprint density at radius 1 is 1.15 bits per heavy atom. The van der Waals surface area contributed by atoms with Crippen LogP contribution in [0.3, 0.4) is 0 Å². The van der Waals surface area contributed by atoms with Crippen LogP contribution in [0.4, 0.5) is 0 Å². The van der Waals surface area contributed by atoms with Gasteiger partial charge >= 0.3 is 0 Å². The van der Waals surface area contributed by atoms with Gasteiger partial charge < -0.3 is 10.0 Å². The van der Waals surface area contributed by atoms with E-state index in [1.54, 1.807) is 0 Å². The Morgan fingerprint density at radius 3 is 2.40 bits per heavy atom. The summed E-state index contributed by atoms with van der Waals surface area (Å²) in [5.74, 6) is 0.218. The first-order chi connectivity index (χ1) is 9.54. The fourth-order valence-corrected chi connectivity index (χ4v) is 3.61. The van der Waals surface area contributed by atoms with Gasteiger partial charge in [0, 0.05) is 13.1 Å². The molecule has 0 bridgehead atoms. The number of carbonyl (C=O) groups excluding carboxylic acids is 1. The molecule has 1 amide bonds. The SMILES string of the molecule is CC1(O)CCCN(C(=O)C2(c3ccccc3)CCC2)C1. The van der Waals surface area contributed by atoms with E-state index in [9.17, 15) is 9.90 Å². The van der Waals surface area contributed by atoms with Crippen molar-refractivity contribution in [1.82, 2.24) is 4.90 Å². The third-order valence-corrected chi connectivity index (χ3v) is 4.90. The first kappa shape index (κ1) is 13.6. The maximum absolute atomic E-state index is 13.0. The lowest BCUT2D eigenvalue weighted by Gasteiger charge is -2.47. The molecule has 2 fully saturated rings. The summed E-state index contributed by atoms with van der Waals surface area (Å²) in [6.45, 7) is 3.09. The molecule has 1 aromatic carbocycles. The van der Waals surface area contributed by atoms with Crippen molar-refractivity contribution in [3.63, 3.8) is 0 Å². The summed E-state index contributed by atoms with van der Waals surface area (Å²) in [5, 5.41) is 10.2. The van der Waals surface area contributed by atoms with E-state index in [2.05, 4.69) is 12.1 Å². The second kappa shape index (κ2) is 4.88. The number of carbonyl (C=O) groups is 1. The molecule has 0 spiro atoms. The third-order valence-electron chi connectivity index (χ3n) is 4.90. The number of aliphatic hydroxyl groups is 1. The molecule has 20 heavy (non-hydrogen) atoms. The number of rotatable bonds is 2.